The molecular formula is C12H22N2O3. The van der Waals surface area contributed by atoms with Crippen LogP contribution in [0.1, 0.15) is 26.7 Å². The normalized spacial score (nSPS) is 17.1. The van der Waals surface area contributed by atoms with Crippen molar-refractivity contribution in [1.82, 2.24) is 10.2 Å². The fourth-order valence-corrected chi connectivity index (χ4v) is 1.86. The van der Waals surface area contributed by atoms with E-state index >= 15 is 0 Å². The first-order valence-electron chi connectivity index (χ1n) is 6.18. The number of piperidine rings is 1. The molecule has 0 unspecified atom stereocenters. The standard InChI is InChI=1S/C12H22N2O3/c1-9(2)8-17-12(16)14-6-4-10(5-7-14)11(15)13-3/h9-10H,4-8H2,1-3H3,(H,13,15). The predicted molar refractivity (Wildman–Crippen MR) is 64.5 cm³/mol. The number of nitrogens with zero attached hydrogens (tertiary/aromatic N) is 1. The molecule has 1 N–H and O–H groups in total. The molecule has 17 heavy (non-hydrogen) atoms. The summed E-state index contributed by atoms with van der Waals surface area (Å²) in [5.74, 6) is 0.455. The molecule has 0 saturated carbocycles. The van der Waals surface area contributed by atoms with Gasteiger partial charge in [0.25, 0.3) is 0 Å². The van der Waals surface area contributed by atoms with E-state index < -0.39 is 0 Å². The summed E-state index contributed by atoms with van der Waals surface area (Å²) in [7, 11) is 1.64. The van der Waals surface area contributed by atoms with E-state index in [0.29, 0.717) is 25.6 Å². The van der Waals surface area contributed by atoms with Crippen LogP contribution in [0.5, 0.6) is 0 Å². The molecule has 1 aliphatic rings. The van der Waals surface area contributed by atoms with Crippen molar-refractivity contribution in [3.8, 4) is 0 Å². The number of ether oxygens (including phenoxy) is 1. The lowest BCUT2D eigenvalue weighted by atomic mass is 9.96. The number of nitrogens with one attached hydrogen (secondary N) is 1. The molecule has 0 bridgehead atoms. The number of carbonyl (C=O) groups excluding carboxylic acids is 2. The van der Waals surface area contributed by atoms with Crippen LogP contribution in [-0.2, 0) is 9.53 Å². The molecule has 1 aliphatic heterocycles. The van der Waals surface area contributed by atoms with Gasteiger partial charge in [0.05, 0.1) is 6.61 Å². The van der Waals surface area contributed by atoms with Gasteiger partial charge in [0, 0.05) is 26.1 Å². The molecule has 0 aliphatic carbocycles. The van der Waals surface area contributed by atoms with Gasteiger partial charge < -0.3 is 15.0 Å². The highest BCUT2D eigenvalue weighted by atomic mass is 16.6. The van der Waals surface area contributed by atoms with Gasteiger partial charge in [0.2, 0.25) is 5.91 Å². The number of likely N-dealkylation sites (tertiary alicyclic amines) is 1. The Bertz CT molecular complexity index is 271. The fourth-order valence-electron chi connectivity index (χ4n) is 1.86. The van der Waals surface area contributed by atoms with Crippen molar-refractivity contribution in [2.45, 2.75) is 26.7 Å². The molecule has 0 spiro atoms. The van der Waals surface area contributed by atoms with Crippen LogP contribution < -0.4 is 5.32 Å². The van der Waals surface area contributed by atoms with Crippen LogP contribution in [0.4, 0.5) is 4.79 Å². The highest BCUT2D eigenvalue weighted by Crippen LogP contribution is 2.17. The Balaban J connectivity index is 2.31. The van der Waals surface area contributed by atoms with E-state index in [4.69, 9.17) is 4.74 Å². The lowest BCUT2D eigenvalue weighted by Crippen LogP contribution is -2.42. The molecule has 5 nitrogen and oxygen atoms in total. The van der Waals surface area contributed by atoms with Crippen LogP contribution in [0.25, 0.3) is 0 Å². The largest absolute Gasteiger partial charge is 0.449 e. The number of rotatable bonds is 3. The number of amides is 2. The van der Waals surface area contributed by atoms with Crippen molar-refractivity contribution in [1.29, 1.82) is 0 Å². The number of hydrogen-bond acceptors (Lipinski definition) is 3. The summed E-state index contributed by atoms with van der Waals surface area (Å²) < 4.78 is 5.15. The Kier molecular flexibility index (Phi) is 5.25. The predicted octanol–water partition coefficient (Wildman–Crippen LogP) is 1.24. The third-order valence-electron chi connectivity index (χ3n) is 2.91. The SMILES string of the molecule is CNC(=O)C1CCN(C(=O)OCC(C)C)CC1. The van der Waals surface area contributed by atoms with Gasteiger partial charge in [-0.1, -0.05) is 13.8 Å². The molecule has 0 aromatic heterocycles. The fraction of sp³-hybridized carbons (Fsp3) is 0.833. The molecule has 0 aromatic carbocycles. The highest BCUT2D eigenvalue weighted by molar-refractivity contribution is 5.78. The summed E-state index contributed by atoms with van der Waals surface area (Å²) in [6, 6.07) is 0. The molecule has 0 radical (unpaired) electrons. The number of hydrogen-bond donors (Lipinski definition) is 1. The van der Waals surface area contributed by atoms with Crippen LogP contribution >= 0.6 is 0 Å². The van der Waals surface area contributed by atoms with Gasteiger partial charge in [-0.15, -0.1) is 0 Å². The minimum Gasteiger partial charge on any atom is -0.449 e. The minimum absolute atomic E-state index is 0.0362. The lowest BCUT2D eigenvalue weighted by Gasteiger charge is -2.30. The van der Waals surface area contributed by atoms with Gasteiger partial charge in [0.15, 0.2) is 0 Å². The molecule has 1 heterocycles. The van der Waals surface area contributed by atoms with Crippen LogP contribution in [0.15, 0.2) is 0 Å². The first-order chi connectivity index (χ1) is 8.04. The molecule has 5 heteroatoms. The molecule has 1 fully saturated rings. The maximum atomic E-state index is 11.7. The van der Waals surface area contributed by atoms with Crippen LogP contribution in [0.3, 0.4) is 0 Å². The average molecular weight is 242 g/mol. The second-order valence-electron chi connectivity index (χ2n) is 4.85. The van der Waals surface area contributed by atoms with E-state index in [0.717, 1.165) is 12.8 Å². The zero-order chi connectivity index (χ0) is 12.8. The van der Waals surface area contributed by atoms with E-state index in [1.165, 1.54) is 0 Å². The van der Waals surface area contributed by atoms with Gasteiger partial charge >= 0.3 is 6.09 Å². The molecule has 1 saturated heterocycles. The first-order valence-corrected chi connectivity index (χ1v) is 6.18. The Morgan fingerprint density at radius 3 is 2.41 bits per heavy atom. The summed E-state index contributed by atoms with van der Waals surface area (Å²) in [6.45, 7) is 5.68. The average Bonchev–Trinajstić information content (AvgIpc) is 2.35. The Morgan fingerprint density at radius 2 is 1.94 bits per heavy atom. The van der Waals surface area contributed by atoms with Crippen molar-refractivity contribution < 1.29 is 14.3 Å². The summed E-state index contributed by atoms with van der Waals surface area (Å²) in [4.78, 5) is 24.7. The smallest absolute Gasteiger partial charge is 0.409 e. The summed E-state index contributed by atoms with van der Waals surface area (Å²) >= 11 is 0. The Morgan fingerprint density at radius 1 is 1.35 bits per heavy atom. The highest BCUT2D eigenvalue weighted by Gasteiger charge is 2.27. The summed E-state index contributed by atoms with van der Waals surface area (Å²) in [5, 5.41) is 2.65. The lowest BCUT2D eigenvalue weighted by molar-refractivity contribution is -0.125. The van der Waals surface area contributed by atoms with E-state index in [-0.39, 0.29) is 17.9 Å². The maximum absolute atomic E-state index is 11.7. The maximum Gasteiger partial charge on any atom is 0.409 e. The van der Waals surface area contributed by atoms with Crippen molar-refractivity contribution in [3.05, 3.63) is 0 Å². The molecule has 0 aromatic rings. The van der Waals surface area contributed by atoms with Crippen LogP contribution in [0.2, 0.25) is 0 Å². The van der Waals surface area contributed by atoms with Crippen molar-refractivity contribution in [2.24, 2.45) is 11.8 Å². The first kappa shape index (κ1) is 13.8. The van der Waals surface area contributed by atoms with Crippen LogP contribution in [0, 0.1) is 11.8 Å². The third-order valence-corrected chi connectivity index (χ3v) is 2.91. The van der Waals surface area contributed by atoms with Crippen molar-refractivity contribution >= 4 is 12.0 Å². The Labute approximate surface area is 102 Å². The molecule has 0 atom stereocenters. The van der Waals surface area contributed by atoms with Crippen LogP contribution in [-0.4, -0.2) is 43.6 Å². The van der Waals surface area contributed by atoms with Gasteiger partial charge in [-0.3, -0.25) is 4.79 Å². The number of carbonyl (C=O) groups is 2. The van der Waals surface area contributed by atoms with Crippen molar-refractivity contribution in [2.75, 3.05) is 26.7 Å². The quantitative estimate of drug-likeness (QED) is 0.810. The molecule has 1 rings (SSSR count). The van der Waals surface area contributed by atoms with Gasteiger partial charge in [-0.05, 0) is 18.8 Å². The van der Waals surface area contributed by atoms with E-state index in [2.05, 4.69) is 5.32 Å². The second kappa shape index (κ2) is 6.47. The topological polar surface area (TPSA) is 58.6 Å². The Hall–Kier alpha value is -1.26. The van der Waals surface area contributed by atoms with E-state index in [1.807, 2.05) is 13.8 Å². The summed E-state index contributed by atoms with van der Waals surface area (Å²) in [5.41, 5.74) is 0. The molecule has 98 valence electrons. The van der Waals surface area contributed by atoms with Gasteiger partial charge in [-0.25, -0.2) is 4.79 Å². The van der Waals surface area contributed by atoms with E-state index in [1.54, 1.807) is 11.9 Å². The summed E-state index contributed by atoms with van der Waals surface area (Å²) in [6.07, 6.45) is 1.18. The third kappa shape index (κ3) is 4.24. The second-order valence-corrected chi connectivity index (χ2v) is 4.85. The van der Waals surface area contributed by atoms with E-state index in [9.17, 15) is 9.59 Å². The monoisotopic (exact) mass is 242 g/mol. The zero-order valence-corrected chi connectivity index (χ0v) is 10.9. The molecular weight excluding hydrogens is 220 g/mol. The van der Waals surface area contributed by atoms with Crippen molar-refractivity contribution in [3.63, 3.8) is 0 Å². The zero-order valence-electron chi connectivity index (χ0n) is 10.9. The minimum atomic E-state index is -0.256. The van der Waals surface area contributed by atoms with Gasteiger partial charge in [-0.2, -0.15) is 0 Å². The van der Waals surface area contributed by atoms with Gasteiger partial charge in [0.1, 0.15) is 0 Å². The molecule has 2 amide bonds.